The van der Waals surface area contributed by atoms with Crippen LogP contribution in [0.3, 0.4) is 0 Å². The van der Waals surface area contributed by atoms with E-state index in [0.717, 1.165) is 6.54 Å². The van der Waals surface area contributed by atoms with E-state index in [2.05, 4.69) is 17.0 Å². The van der Waals surface area contributed by atoms with Gasteiger partial charge in [0.1, 0.15) is 5.41 Å². The molecule has 1 aliphatic rings. The first kappa shape index (κ1) is 13.1. The van der Waals surface area contributed by atoms with Crippen LogP contribution in [0.1, 0.15) is 12.5 Å². The number of hydrogen-bond donors (Lipinski definition) is 1. The quantitative estimate of drug-likeness (QED) is 0.792. The number of hydrogen-bond acceptors (Lipinski definition) is 4. The standard InChI is InChI=1S/C14H19NO3/c1-2-18-13(17)14(11-16)9-15(10-14)8-12-6-4-3-5-7-12/h3-7,16H,2,8-11H2,1H3. The molecule has 4 heteroatoms. The highest BCUT2D eigenvalue weighted by molar-refractivity contribution is 5.78. The minimum atomic E-state index is -0.704. The van der Waals surface area contributed by atoms with Crippen LogP contribution in [0.15, 0.2) is 30.3 Å². The third kappa shape index (κ3) is 2.54. The normalized spacial score (nSPS) is 18.1. The maximum atomic E-state index is 11.8. The van der Waals surface area contributed by atoms with E-state index in [1.165, 1.54) is 5.56 Å². The van der Waals surface area contributed by atoms with Crippen molar-refractivity contribution in [2.45, 2.75) is 13.5 Å². The van der Waals surface area contributed by atoms with Gasteiger partial charge in [-0.05, 0) is 12.5 Å². The third-order valence-corrected chi connectivity index (χ3v) is 3.31. The van der Waals surface area contributed by atoms with Gasteiger partial charge in [-0.25, -0.2) is 0 Å². The van der Waals surface area contributed by atoms with E-state index in [0.29, 0.717) is 19.7 Å². The second kappa shape index (κ2) is 5.50. The van der Waals surface area contributed by atoms with Crippen molar-refractivity contribution in [3.63, 3.8) is 0 Å². The second-order valence-electron chi connectivity index (χ2n) is 4.79. The predicted octanol–water partition coefficient (Wildman–Crippen LogP) is 1.04. The molecule has 0 radical (unpaired) electrons. The number of likely N-dealkylation sites (tertiary alicyclic amines) is 1. The average Bonchev–Trinajstić information content (AvgIpc) is 2.35. The van der Waals surface area contributed by atoms with Crippen LogP contribution in [0.2, 0.25) is 0 Å². The number of aliphatic hydroxyl groups is 1. The van der Waals surface area contributed by atoms with Gasteiger partial charge < -0.3 is 9.84 Å². The zero-order chi connectivity index (χ0) is 13.0. The predicted molar refractivity (Wildman–Crippen MR) is 67.9 cm³/mol. The molecule has 0 aliphatic carbocycles. The van der Waals surface area contributed by atoms with Gasteiger partial charge in [0.15, 0.2) is 0 Å². The maximum Gasteiger partial charge on any atom is 0.317 e. The lowest BCUT2D eigenvalue weighted by atomic mass is 9.80. The fourth-order valence-electron chi connectivity index (χ4n) is 2.34. The van der Waals surface area contributed by atoms with Crippen LogP contribution in [0, 0.1) is 5.41 Å². The summed E-state index contributed by atoms with van der Waals surface area (Å²) in [7, 11) is 0. The lowest BCUT2D eigenvalue weighted by molar-refractivity contribution is -0.172. The maximum absolute atomic E-state index is 11.8. The molecule has 0 unspecified atom stereocenters. The molecule has 1 fully saturated rings. The van der Waals surface area contributed by atoms with Gasteiger partial charge in [0.25, 0.3) is 0 Å². The number of nitrogens with zero attached hydrogens (tertiary/aromatic N) is 1. The third-order valence-electron chi connectivity index (χ3n) is 3.31. The van der Waals surface area contributed by atoms with E-state index in [4.69, 9.17) is 4.74 Å². The summed E-state index contributed by atoms with van der Waals surface area (Å²) < 4.78 is 5.01. The molecule has 1 aromatic carbocycles. The first-order valence-electron chi connectivity index (χ1n) is 6.24. The van der Waals surface area contributed by atoms with Gasteiger partial charge in [-0.15, -0.1) is 0 Å². The summed E-state index contributed by atoms with van der Waals surface area (Å²) in [6.45, 7) is 3.94. The number of carbonyl (C=O) groups is 1. The van der Waals surface area contributed by atoms with E-state index < -0.39 is 5.41 Å². The highest BCUT2D eigenvalue weighted by Crippen LogP contribution is 2.32. The van der Waals surface area contributed by atoms with Crippen molar-refractivity contribution in [1.29, 1.82) is 0 Å². The molecule has 0 bridgehead atoms. The zero-order valence-corrected chi connectivity index (χ0v) is 10.6. The van der Waals surface area contributed by atoms with Crippen LogP contribution in [-0.4, -0.2) is 42.3 Å². The number of rotatable bonds is 5. The van der Waals surface area contributed by atoms with Crippen molar-refractivity contribution in [1.82, 2.24) is 4.90 Å². The van der Waals surface area contributed by atoms with E-state index in [1.807, 2.05) is 18.2 Å². The molecule has 2 rings (SSSR count). The lowest BCUT2D eigenvalue weighted by Gasteiger charge is -2.47. The Labute approximate surface area is 107 Å². The first-order valence-corrected chi connectivity index (χ1v) is 6.24. The largest absolute Gasteiger partial charge is 0.465 e. The Balaban J connectivity index is 1.90. The van der Waals surface area contributed by atoms with Crippen molar-refractivity contribution in [2.75, 3.05) is 26.3 Å². The van der Waals surface area contributed by atoms with E-state index >= 15 is 0 Å². The molecule has 1 aliphatic heterocycles. The SMILES string of the molecule is CCOC(=O)C1(CO)CN(Cc2ccccc2)C1. The molecule has 18 heavy (non-hydrogen) atoms. The molecule has 4 nitrogen and oxygen atoms in total. The van der Waals surface area contributed by atoms with Gasteiger partial charge in [0.05, 0.1) is 13.2 Å². The van der Waals surface area contributed by atoms with Crippen molar-refractivity contribution in [2.24, 2.45) is 5.41 Å². The van der Waals surface area contributed by atoms with Crippen LogP contribution in [0.5, 0.6) is 0 Å². The van der Waals surface area contributed by atoms with E-state index in [9.17, 15) is 9.90 Å². The molecule has 1 aromatic rings. The van der Waals surface area contributed by atoms with Crippen LogP contribution in [-0.2, 0) is 16.1 Å². The van der Waals surface area contributed by atoms with E-state index in [1.54, 1.807) is 6.92 Å². The second-order valence-corrected chi connectivity index (χ2v) is 4.79. The lowest BCUT2D eigenvalue weighted by Crippen LogP contribution is -2.62. The molecule has 0 aromatic heterocycles. The number of carbonyl (C=O) groups excluding carboxylic acids is 1. The minimum Gasteiger partial charge on any atom is -0.465 e. The molecule has 1 N–H and O–H groups in total. The smallest absolute Gasteiger partial charge is 0.317 e. The molecule has 0 amide bonds. The Kier molecular flexibility index (Phi) is 3.99. The molecule has 1 heterocycles. The van der Waals surface area contributed by atoms with Gasteiger partial charge in [-0.1, -0.05) is 30.3 Å². The molecule has 0 atom stereocenters. The van der Waals surface area contributed by atoms with Crippen LogP contribution >= 0.6 is 0 Å². The number of benzene rings is 1. The minimum absolute atomic E-state index is 0.142. The monoisotopic (exact) mass is 249 g/mol. The van der Waals surface area contributed by atoms with Crippen LogP contribution in [0.25, 0.3) is 0 Å². The molecule has 98 valence electrons. The van der Waals surface area contributed by atoms with Gasteiger partial charge in [-0.3, -0.25) is 9.69 Å². The Morgan fingerprint density at radius 1 is 1.39 bits per heavy atom. The highest BCUT2D eigenvalue weighted by atomic mass is 16.5. The van der Waals surface area contributed by atoms with Gasteiger partial charge >= 0.3 is 5.97 Å². The first-order chi connectivity index (χ1) is 8.70. The summed E-state index contributed by atoms with van der Waals surface area (Å²) in [6, 6.07) is 10.1. The fraction of sp³-hybridized carbons (Fsp3) is 0.500. The Bertz CT molecular complexity index is 399. The Hall–Kier alpha value is -1.39. The van der Waals surface area contributed by atoms with Gasteiger partial charge in [0, 0.05) is 19.6 Å². The summed E-state index contributed by atoms with van der Waals surface area (Å²) in [5.41, 5.74) is 0.512. The number of ether oxygens (including phenoxy) is 1. The average molecular weight is 249 g/mol. The van der Waals surface area contributed by atoms with E-state index in [-0.39, 0.29) is 12.6 Å². The van der Waals surface area contributed by atoms with Crippen molar-refractivity contribution in [3.05, 3.63) is 35.9 Å². The fourth-order valence-corrected chi connectivity index (χ4v) is 2.34. The van der Waals surface area contributed by atoms with Gasteiger partial charge in [-0.2, -0.15) is 0 Å². The Morgan fingerprint density at radius 3 is 2.61 bits per heavy atom. The topological polar surface area (TPSA) is 49.8 Å². The molecule has 0 spiro atoms. The van der Waals surface area contributed by atoms with Crippen LogP contribution < -0.4 is 0 Å². The summed E-state index contributed by atoms with van der Waals surface area (Å²) in [5.74, 6) is -0.281. The highest BCUT2D eigenvalue weighted by Gasteiger charge is 2.49. The van der Waals surface area contributed by atoms with Crippen LogP contribution in [0.4, 0.5) is 0 Å². The summed E-state index contributed by atoms with van der Waals surface area (Å²) in [6.07, 6.45) is 0. The molecule has 1 saturated heterocycles. The molecule has 0 saturated carbocycles. The number of aliphatic hydroxyl groups excluding tert-OH is 1. The van der Waals surface area contributed by atoms with Crippen molar-refractivity contribution in [3.8, 4) is 0 Å². The molecular formula is C14H19NO3. The summed E-state index contributed by atoms with van der Waals surface area (Å²) in [5, 5.41) is 9.39. The Morgan fingerprint density at radius 2 is 2.06 bits per heavy atom. The van der Waals surface area contributed by atoms with Crippen molar-refractivity contribution >= 4 is 5.97 Å². The van der Waals surface area contributed by atoms with Crippen molar-refractivity contribution < 1.29 is 14.6 Å². The zero-order valence-electron chi connectivity index (χ0n) is 10.6. The molecular weight excluding hydrogens is 230 g/mol. The summed E-state index contributed by atoms with van der Waals surface area (Å²) >= 11 is 0. The summed E-state index contributed by atoms with van der Waals surface area (Å²) in [4.78, 5) is 13.9. The number of esters is 1. The van der Waals surface area contributed by atoms with Gasteiger partial charge in [0.2, 0.25) is 0 Å².